The lowest BCUT2D eigenvalue weighted by Crippen LogP contribution is -2.52. The van der Waals surface area contributed by atoms with Gasteiger partial charge in [0, 0.05) is 24.7 Å². The molecule has 0 aliphatic heterocycles. The molecule has 36 heavy (non-hydrogen) atoms. The highest BCUT2D eigenvalue weighted by atomic mass is 32.2. The van der Waals surface area contributed by atoms with E-state index in [0.29, 0.717) is 12.0 Å². The van der Waals surface area contributed by atoms with E-state index in [9.17, 15) is 28.1 Å². The van der Waals surface area contributed by atoms with Gasteiger partial charge in [-0.15, -0.1) is 0 Å². The van der Waals surface area contributed by atoms with E-state index in [1.165, 1.54) is 17.0 Å². The Morgan fingerprint density at radius 3 is 2.28 bits per heavy atom. The molecule has 0 saturated carbocycles. The highest BCUT2D eigenvalue weighted by Gasteiger charge is 2.31. The van der Waals surface area contributed by atoms with E-state index >= 15 is 0 Å². The van der Waals surface area contributed by atoms with Crippen molar-refractivity contribution in [3.8, 4) is 0 Å². The number of nitrogens with zero attached hydrogens (tertiary/aromatic N) is 3. The first-order chi connectivity index (χ1) is 16.8. The van der Waals surface area contributed by atoms with Gasteiger partial charge in [-0.25, -0.2) is 8.42 Å². The normalized spacial score (nSPS) is 12.9. The van der Waals surface area contributed by atoms with Crippen molar-refractivity contribution in [3.63, 3.8) is 0 Å². The van der Waals surface area contributed by atoms with Crippen molar-refractivity contribution in [1.29, 1.82) is 0 Å². The number of hydrogen-bond donors (Lipinski definition) is 1. The average Bonchev–Trinajstić information content (AvgIpc) is 2.80. The van der Waals surface area contributed by atoms with Crippen molar-refractivity contribution in [2.45, 2.75) is 59.7 Å². The van der Waals surface area contributed by atoms with Crippen LogP contribution in [0.2, 0.25) is 0 Å². The Balaban J connectivity index is 2.49. The Bertz CT molecular complexity index is 1230. The number of hydrogen-bond acceptors (Lipinski definition) is 6. The molecular weight excluding hydrogens is 484 g/mol. The van der Waals surface area contributed by atoms with Gasteiger partial charge in [-0.3, -0.25) is 24.0 Å². The fraction of sp³-hybridized carbons (Fsp3) is 0.440. The van der Waals surface area contributed by atoms with E-state index in [1.54, 1.807) is 13.8 Å². The molecule has 2 amide bonds. The molecule has 0 heterocycles. The average molecular weight is 519 g/mol. The summed E-state index contributed by atoms with van der Waals surface area (Å²) >= 11 is 0. The van der Waals surface area contributed by atoms with Crippen LogP contribution in [0, 0.1) is 24.0 Å². The smallest absolute Gasteiger partial charge is 0.271 e. The fourth-order valence-corrected chi connectivity index (χ4v) is 4.49. The molecule has 0 spiro atoms. The molecule has 2 aromatic carbocycles. The van der Waals surface area contributed by atoms with Crippen LogP contribution in [-0.2, 0) is 26.2 Å². The molecule has 0 unspecified atom stereocenters. The highest BCUT2D eigenvalue weighted by molar-refractivity contribution is 7.92. The number of nitro benzene ring substituents is 1. The van der Waals surface area contributed by atoms with E-state index in [2.05, 4.69) is 5.32 Å². The maximum atomic E-state index is 13.6. The topological polar surface area (TPSA) is 130 Å². The van der Waals surface area contributed by atoms with Gasteiger partial charge in [0.15, 0.2) is 0 Å². The van der Waals surface area contributed by atoms with Gasteiger partial charge in [-0.05, 0) is 50.8 Å². The minimum absolute atomic E-state index is 0.0348. The predicted molar refractivity (Wildman–Crippen MR) is 139 cm³/mol. The Labute approximate surface area is 212 Å². The quantitative estimate of drug-likeness (QED) is 0.359. The third-order valence-corrected chi connectivity index (χ3v) is 7.25. The second kappa shape index (κ2) is 12.0. The summed E-state index contributed by atoms with van der Waals surface area (Å²) in [4.78, 5) is 38.6. The molecule has 11 heteroatoms. The number of rotatable bonds is 11. The third-order valence-electron chi connectivity index (χ3n) is 6.12. The molecule has 0 saturated heterocycles. The van der Waals surface area contributed by atoms with Gasteiger partial charge in [0.25, 0.3) is 5.69 Å². The molecule has 0 aliphatic rings. The number of nitrogens with one attached hydrogen (secondary N) is 1. The summed E-state index contributed by atoms with van der Waals surface area (Å²) in [6.45, 7) is 8.34. The molecule has 1 N–H and O–H groups in total. The van der Waals surface area contributed by atoms with Crippen LogP contribution in [-0.4, -0.2) is 54.9 Å². The largest absolute Gasteiger partial charge is 0.352 e. The van der Waals surface area contributed by atoms with E-state index in [1.807, 2.05) is 45.0 Å². The Morgan fingerprint density at radius 1 is 1.08 bits per heavy atom. The van der Waals surface area contributed by atoms with Gasteiger partial charge >= 0.3 is 0 Å². The Morgan fingerprint density at radius 2 is 1.72 bits per heavy atom. The standard InChI is InChI=1S/C25H34N4O6S/c1-7-19(4)26-25(31)20(5)27(15-21-11-9-8-10-17(21)2)24(30)16-28(36(6,34)35)23-14-22(29(32)33)13-12-18(23)3/h8-14,19-20H,7,15-16H2,1-6H3,(H,26,31)/t19-,20-/m1/s1. The maximum absolute atomic E-state index is 13.6. The number of carbonyl (C=O) groups is 2. The van der Waals surface area contributed by atoms with Gasteiger partial charge in [-0.1, -0.05) is 37.3 Å². The number of anilines is 1. The molecule has 196 valence electrons. The molecular formula is C25H34N4O6S. The number of non-ortho nitro benzene ring substituents is 1. The second-order valence-corrected chi connectivity index (χ2v) is 10.8. The predicted octanol–water partition coefficient (Wildman–Crippen LogP) is 3.31. The van der Waals surface area contributed by atoms with Crippen molar-refractivity contribution in [2.24, 2.45) is 0 Å². The lowest BCUT2D eigenvalue weighted by Gasteiger charge is -2.32. The van der Waals surface area contributed by atoms with E-state index < -0.39 is 33.4 Å². The number of amides is 2. The van der Waals surface area contributed by atoms with Crippen LogP contribution in [0.5, 0.6) is 0 Å². The van der Waals surface area contributed by atoms with Crippen molar-refractivity contribution in [1.82, 2.24) is 10.2 Å². The second-order valence-electron chi connectivity index (χ2n) is 8.94. The van der Waals surface area contributed by atoms with Gasteiger partial charge in [-0.2, -0.15) is 0 Å². The van der Waals surface area contributed by atoms with Gasteiger partial charge in [0.1, 0.15) is 12.6 Å². The van der Waals surface area contributed by atoms with Crippen LogP contribution in [0.15, 0.2) is 42.5 Å². The Kier molecular flexibility index (Phi) is 9.57. The summed E-state index contributed by atoms with van der Waals surface area (Å²) in [6.07, 6.45) is 1.64. The summed E-state index contributed by atoms with van der Waals surface area (Å²) < 4.78 is 26.3. The van der Waals surface area contributed by atoms with Crippen molar-refractivity contribution >= 4 is 33.2 Å². The van der Waals surface area contributed by atoms with Gasteiger partial charge in [0.2, 0.25) is 21.8 Å². The summed E-state index contributed by atoms with van der Waals surface area (Å²) in [5, 5.41) is 14.2. The summed E-state index contributed by atoms with van der Waals surface area (Å²) in [6, 6.07) is 10.3. The maximum Gasteiger partial charge on any atom is 0.271 e. The Hall–Kier alpha value is -3.47. The molecule has 0 radical (unpaired) electrons. The number of sulfonamides is 1. The first-order valence-electron chi connectivity index (χ1n) is 11.6. The minimum Gasteiger partial charge on any atom is -0.352 e. The van der Waals surface area contributed by atoms with Crippen LogP contribution in [0.3, 0.4) is 0 Å². The molecule has 2 rings (SSSR count). The van der Waals surface area contributed by atoms with Crippen LogP contribution < -0.4 is 9.62 Å². The zero-order valence-corrected chi connectivity index (χ0v) is 22.3. The van der Waals surface area contributed by atoms with E-state index in [-0.39, 0.29) is 29.9 Å². The lowest BCUT2D eigenvalue weighted by molar-refractivity contribution is -0.384. The lowest BCUT2D eigenvalue weighted by atomic mass is 10.1. The first-order valence-corrected chi connectivity index (χ1v) is 13.5. The van der Waals surface area contributed by atoms with Gasteiger partial charge in [0.05, 0.1) is 16.9 Å². The monoisotopic (exact) mass is 518 g/mol. The number of nitro groups is 1. The van der Waals surface area contributed by atoms with Crippen molar-refractivity contribution in [2.75, 3.05) is 17.1 Å². The molecule has 10 nitrogen and oxygen atoms in total. The van der Waals surface area contributed by atoms with Crippen molar-refractivity contribution in [3.05, 3.63) is 69.3 Å². The number of benzene rings is 2. The zero-order valence-electron chi connectivity index (χ0n) is 21.5. The van der Waals surface area contributed by atoms with Crippen LogP contribution >= 0.6 is 0 Å². The first kappa shape index (κ1) is 28.8. The molecule has 0 fully saturated rings. The molecule has 0 aromatic heterocycles. The van der Waals surface area contributed by atoms with Crippen molar-refractivity contribution < 1.29 is 22.9 Å². The minimum atomic E-state index is -4.00. The molecule has 0 bridgehead atoms. The summed E-state index contributed by atoms with van der Waals surface area (Å²) in [7, 11) is -4.00. The molecule has 2 atom stereocenters. The summed E-state index contributed by atoms with van der Waals surface area (Å²) in [5.74, 6) is -0.967. The molecule has 0 aliphatic carbocycles. The molecule has 2 aromatic rings. The number of carbonyl (C=O) groups excluding carboxylic acids is 2. The van der Waals surface area contributed by atoms with E-state index in [0.717, 1.165) is 27.8 Å². The zero-order chi connectivity index (χ0) is 27.2. The third kappa shape index (κ3) is 7.27. The fourth-order valence-electron chi connectivity index (χ4n) is 3.59. The van der Waals surface area contributed by atoms with Crippen LogP contribution in [0.25, 0.3) is 0 Å². The van der Waals surface area contributed by atoms with Crippen LogP contribution in [0.4, 0.5) is 11.4 Å². The SMILES string of the molecule is CC[C@@H](C)NC(=O)[C@@H](C)N(Cc1ccccc1C)C(=O)CN(c1cc([N+](=O)[O-])ccc1C)S(C)(=O)=O. The number of aryl methyl sites for hydroxylation is 2. The highest BCUT2D eigenvalue weighted by Crippen LogP contribution is 2.28. The van der Waals surface area contributed by atoms with Gasteiger partial charge < -0.3 is 10.2 Å². The van der Waals surface area contributed by atoms with Crippen LogP contribution in [0.1, 0.15) is 43.9 Å². The van der Waals surface area contributed by atoms with E-state index in [4.69, 9.17) is 0 Å². The summed E-state index contributed by atoms with van der Waals surface area (Å²) in [5.41, 5.74) is 1.92.